The van der Waals surface area contributed by atoms with E-state index >= 15 is 0 Å². The van der Waals surface area contributed by atoms with E-state index in [4.69, 9.17) is 9.47 Å². The number of ether oxygens (including phenoxy) is 2. The SMILES string of the molecule is CCOc1ccc(C(O)=C2C(=O)C(=O)N(CCCN(C)C)[C@@H]2c2cccc(Oc3ccccc3)c2)c(C)c1. The number of ketones is 1. The molecule has 0 unspecified atom stereocenters. The number of para-hydroxylation sites is 1. The number of aliphatic hydroxyl groups excluding tert-OH is 1. The van der Waals surface area contributed by atoms with Gasteiger partial charge in [-0.2, -0.15) is 0 Å². The predicted molar refractivity (Wildman–Crippen MR) is 147 cm³/mol. The van der Waals surface area contributed by atoms with Crippen LogP contribution in [0.3, 0.4) is 0 Å². The molecule has 198 valence electrons. The molecule has 3 aromatic carbocycles. The first-order valence-electron chi connectivity index (χ1n) is 12.8. The fraction of sp³-hybridized carbons (Fsp3) is 0.290. The molecule has 0 radical (unpaired) electrons. The molecule has 7 heteroatoms. The average molecular weight is 515 g/mol. The van der Waals surface area contributed by atoms with Crippen molar-refractivity contribution in [2.75, 3.05) is 33.8 Å². The second-order valence-electron chi connectivity index (χ2n) is 9.55. The molecule has 1 aliphatic rings. The van der Waals surface area contributed by atoms with Crippen molar-refractivity contribution in [3.05, 3.63) is 95.1 Å². The van der Waals surface area contributed by atoms with Crippen LogP contribution in [0.1, 0.15) is 36.1 Å². The van der Waals surface area contributed by atoms with Gasteiger partial charge in [0.15, 0.2) is 0 Å². The Morgan fingerprint density at radius 2 is 1.68 bits per heavy atom. The first-order chi connectivity index (χ1) is 18.3. The van der Waals surface area contributed by atoms with Crippen molar-refractivity contribution in [1.82, 2.24) is 9.80 Å². The van der Waals surface area contributed by atoms with Gasteiger partial charge >= 0.3 is 0 Å². The maximum Gasteiger partial charge on any atom is 0.295 e. The zero-order valence-corrected chi connectivity index (χ0v) is 22.3. The molecule has 4 rings (SSSR count). The Kier molecular flexibility index (Phi) is 8.48. The molecule has 1 fully saturated rings. The molecule has 3 aromatic rings. The number of likely N-dealkylation sites (tertiary alicyclic amines) is 1. The highest BCUT2D eigenvalue weighted by atomic mass is 16.5. The fourth-order valence-corrected chi connectivity index (χ4v) is 4.69. The maximum atomic E-state index is 13.4. The predicted octanol–water partition coefficient (Wildman–Crippen LogP) is 5.56. The van der Waals surface area contributed by atoms with E-state index in [0.717, 1.165) is 12.1 Å². The van der Waals surface area contributed by atoms with Gasteiger partial charge in [-0.05, 0) is 94.5 Å². The van der Waals surface area contributed by atoms with E-state index in [1.807, 2.05) is 93.5 Å². The van der Waals surface area contributed by atoms with Crippen LogP contribution in [0.25, 0.3) is 5.76 Å². The quantitative estimate of drug-likeness (QED) is 0.217. The van der Waals surface area contributed by atoms with Gasteiger partial charge < -0.3 is 24.4 Å². The van der Waals surface area contributed by atoms with E-state index in [9.17, 15) is 14.7 Å². The summed E-state index contributed by atoms with van der Waals surface area (Å²) in [7, 11) is 3.93. The Hall–Kier alpha value is -4.10. The van der Waals surface area contributed by atoms with Crippen LogP contribution < -0.4 is 9.47 Å². The van der Waals surface area contributed by atoms with Crippen LogP contribution in [0.5, 0.6) is 17.2 Å². The lowest BCUT2D eigenvalue weighted by molar-refractivity contribution is -0.139. The van der Waals surface area contributed by atoms with Crippen molar-refractivity contribution in [3.8, 4) is 17.2 Å². The molecule has 1 heterocycles. The number of aliphatic hydroxyl groups is 1. The number of nitrogens with zero attached hydrogens (tertiary/aromatic N) is 2. The Morgan fingerprint density at radius 1 is 0.947 bits per heavy atom. The number of hydrogen-bond acceptors (Lipinski definition) is 6. The standard InChI is InChI=1S/C31H34N2O5/c1-5-37-24-15-16-26(21(2)19-24)29(34)27-28(33(31(36)30(27)35)18-10-17-32(3)4)22-11-9-14-25(20-22)38-23-12-7-6-8-13-23/h6-9,11-16,19-20,28,34H,5,10,17-18H2,1-4H3/t28-/m1/s1. The highest BCUT2D eigenvalue weighted by molar-refractivity contribution is 6.46. The van der Waals surface area contributed by atoms with Gasteiger partial charge in [0.05, 0.1) is 18.2 Å². The Bertz CT molecular complexity index is 1330. The third-order valence-corrected chi connectivity index (χ3v) is 6.46. The van der Waals surface area contributed by atoms with Crippen molar-refractivity contribution >= 4 is 17.4 Å². The lowest BCUT2D eigenvalue weighted by Crippen LogP contribution is -2.32. The third kappa shape index (κ3) is 5.89. The van der Waals surface area contributed by atoms with Crippen LogP contribution in [0.4, 0.5) is 0 Å². The van der Waals surface area contributed by atoms with Gasteiger partial charge in [0.2, 0.25) is 0 Å². The molecule has 1 aliphatic heterocycles. The summed E-state index contributed by atoms with van der Waals surface area (Å²) in [6.45, 7) is 5.38. The van der Waals surface area contributed by atoms with Gasteiger partial charge in [-0.15, -0.1) is 0 Å². The summed E-state index contributed by atoms with van der Waals surface area (Å²) in [6, 6.07) is 21.3. The minimum atomic E-state index is -0.748. The van der Waals surface area contributed by atoms with Gasteiger partial charge in [0.25, 0.3) is 11.7 Å². The molecule has 0 aliphatic carbocycles. The average Bonchev–Trinajstić information content (AvgIpc) is 3.14. The lowest BCUT2D eigenvalue weighted by atomic mass is 9.93. The normalized spacial score (nSPS) is 16.8. The number of carbonyl (C=O) groups excluding carboxylic acids is 2. The first-order valence-corrected chi connectivity index (χ1v) is 12.8. The number of benzene rings is 3. The Balaban J connectivity index is 1.78. The summed E-state index contributed by atoms with van der Waals surface area (Å²) < 4.78 is 11.6. The molecule has 7 nitrogen and oxygen atoms in total. The summed E-state index contributed by atoms with van der Waals surface area (Å²) in [5.41, 5.74) is 1.99. The van der Waals surface area contributed by atoms with E-state index in [1.54, 1.807) is 17.0 Å². The summed E-state index contributed by atoms with van der Waals surface area (Å²) in [5, 5.41) is 11.5. The Labute approximate surface area is 223 Å². The molecule has 1 saturated heterocycles. The zero-order valence-electron chi connectivity index (χ0n) is 22.3. The number of amides is 1. The second-order valence-corrected chi connectivity index (χ2v) is 9.55. The van der Waals surface area contributed by atoms with E-state index in [-0.39, 0.29) is 11.3 Å². The highest BCUT2D eigenvalue weighted by Crippen LogP contribution is 2.41. The Morgan fingerprint density at radius 3 is 2.37 bits per heavy atom. The number of hydrogen-bond donors (Lipinski definition) is 1. The monoisotopic (exact) mass is 514 g/mol. The molecule has 1 N–H and O–H groups in total. The van der Waals surface area contributed by atoms with E-state index in [0.29, 0.717) is 47.9 Å². The molecular weight excluding hydrogens is 480 g/mol. The maximum absolute atomic E-state index is 13.4. The third-order valence-electron chi connectivity index (χ3n) is 6.46. The number of rotatable bonds is 10. The first kappa shape index (κ1) is 26.9. The van der Waals surface area contributed by atoms with E-state index < -0.39 is 17.7 Å². The number of carbonyl (C=O) groups is 2. The number of Topliss-reactive ketones (excluding diaryl/α,β-unsaturated/α-hetero) is 1. The number of aryl methyl sites for hydroxylation is 1. The van der Waals surface area contributed by atoms with Crippen LogP contribution >= 0.6 is 0 Å². The molecule has 1 amide bonds. The van der Waals surface area contributed by atoms with E-state index in [2.05, 4.69) is 0 Å². The molecule has 0 aromatic heterocycles. The minimum Gasteiger partial charge on any atom is -0.507 e. The fourth-order valence-electron chi connectivity index (χ4n) is 4.69. The topological polar surface area (TPSA) is 79.3 Å². The van der Waals surface area contributed by atoms with Crippen LogP contribution in [0.2, 0.25) is 0 Å². The van der Waals surface area contributed by atoms with Crippen LogP contribution in [0.15, 0.2) is 78.4 Å². The van der Waals surface area contributed by atoms with Gasteiger partial charge in [0, 0.05) is 12.1 Å². The summed E-state index contributed by atoms with van der Waals surface area (Å²) in [5.74, 6) is 0.416. The lowest BCUT2D eigenvalue weighted by Gasteiger charge is -2.26. The zero-order chi connectivity index (χ0) is 27.2. The van der Waals surface area contributed by atoms with Crippen LogP contribution in [0, 0.1) is 6.92 Å². The van der Waals surface area contributed by atoms with Gasteiger partial charge in [-0.1, -0.05) is 30.3 Å². The smallest absolute Gasteiger partial charge is 0.295 e. The van der Waals surface area contributed by atoms with Crippen LogP contribution in [-0.2, 0) is 9.59 Å². The summed E-state index contributed by atoms with van der Waals surface area (Å²) >= 11 is 0. The molecule has 38 heavy (non-hydrogen) atoms. The second kappa shape index (κ2) is 12.0. The van der Waals surface area contributed by atoms with E-state index in [1.165, 1.54) is 0 Å². The van der Waals surface area contributed by atoms with Crippen molar-refractivity contribution in [2.24, 2.45) is 0 Å². The molecule has 0 bridgehead atoms. The van der Waals surface area contributed by atoms with Crippen LogP contribution in [-0.4, -0.2) is 60.4 Å². The summed E-state index contributed by atoms with van der Waals surface area (Å²) in [6.07, 6.45) is 0.679. The van der Waals surface area contributed by atoms with Gasteiger partial charge in [0.1, 0.15) is 23.0 Å². The minimum absolute atomic E-state index is 0.0731. The van der Waals surface area contributed by atoms with Crippen molar-refractivity contribution in [2.45, 2.75) is 26.3 Å². The van der Waals surface area contributed by atoms with Crippen molar-refractivity contribution in [3.63, 3.8) is 0 Å². The summed E-state index contributed by atoms with van der Waals surface area (Å²) in [4.78, 5) is 30.3. The highest BCUT2D eigenvalue weighted by Gasteiger charge is 2.46. The molecular formula is C31H34N2O5. The largest absolute Gasteiger partial charge is 0.507 e. The van der Waals surface area contributed by atoms with Gasteiger partial charge in [-0.3, -0.25) is 9.59 Å². The van der Waals surface area contributed by atoms with Gasteiger partial charge in [-0.25, -0.2) is 0 Å². The van der Waals surface area contributed by atoms with Crippen molar-refractivity contribution in [1.29, 1.82) is 0 Å². The van der Waals surface area contributed by atoms with Crippen molar-refractivity contribution < 1.29 is 24.2 Å². The molecule has 1 atom stereocenters. The molecule has 0 spiro atoms. The molecule has 0 saturated carbocycles.